The summed E-state index contributed by atoms with van der Waals surface area (Å²) in [6.45, 7) is 7.46. The van der Waals surface area contributed by atoms with Crippen LogP contribution in [0.1, 0.15) is 96.9 Å². The van der Waals surface area contributed by atoms with E-state index in [0.717, 1.165) is 84.4 Å². The summed E-state index contributed by atoms with van der Waals surface area (Å²) >= 11 is 0. The predicted molar refractivity (Wildman–Crippen MR) is 248 cm³/mol. The first kappa shape index (κ1) is 45.9. The SMILES string of the molecule is C[C@@H](C(=O)Nc1ccc(OC2CCN(C(=O)CCOCCN3CCN(c4cccc5c4C(=O)N(C4CCC(=O)NC4=O)C5=O)CC3)CC2)cc1)C1CCC(c2ccnc3ccc(F)cc23)CC1. The van der Waals surface area contributed by atoms with Gasteiger partial charge in [-0.25, -0.2) is 4.39 Å². The van der Waals surface area contributed by atoms with Gasteiger partial charge in [-0.3, -0.25) is 48.9 Å². The minimum Gasteiger partial charge on any atom is -0.490 e. The van der Waals surface area contributed by atoms with E-state index in [-0.39, 0.29) is 54.0 Å². The lowest BCUT2D eigenvalue weighted by Gasteiger charge is -2.36. The molecule has 2 atom stereocenters. The van der Waals surface area contributed by atoms with Gasteiger partial charge in [0.05, 0.1) is 42.0 Å². The van der Waals surface area contributed by atoms with Gasteiger partial charge in [0.15, 0.2) is 0 Å². The number of carbonyl (C=O) groups is 6. The lowest BCUT2D eigenvalue weighted by Crippen LogP contribution is -2.54. The van der Waals surface area contributed by atoms with Crippen LogP contribution in [0.4, 0.5) is 15.8 Å². The number of imide groups is 2. The number of fused-ring (bicyclic) bond motifs is 2. The van der Waals surface area contributed by atoms with Crippen molar-refractivity contribution >= 4 is 57.7 Å². The molecular formula is C51H58FN7O8. The maximum atomic E-state index is 14.1. The van der Waals surface area contributed by atoms with Crippen molar-refractivity contribution in [2.75, 3.05) is 69.2 Å². The molecule has 5 heterocycles. The normalized spacial score (nSPS) is 22.2. The second-order valence-electron chi connectivity index (χ2n) is 18.5. The fraction of sp³-hybridized carbons (Fsp3) is 0.471. The molecule has 4 fully saturated rings. The first-order valence-corrected chi connectivity index (χ1v) is 23.8. The molecule has 9 rings (SSSR count). The first-order chi connectivity index (χ1) is 32.5. The molecule has 2 N–H and O–H groups in total. The van der Waals surface area contributed by atoms with E-state index in [9.17, 15) is 33.2 Å². The zero-order valence-corrected chi connectivity index (χ0v) is 37.9. The Balaban J connectivity index is 0.642. The second kappa shape index (κ2) is 20.3. The largest absolute Gasteiger partial charge is 0.490 e. The van der Waals surface area contributed by atoms with Gasteiger partial charge in [-0.05, 0) is 110 Å². The van der Waals surface area contributed by atoms with Crippen LogP contribution in [0.15, 0.2) is 72.9 Å². The number of rotatable bonds is 14. The molecule has 16 heteroatoms. The molecule has 3 aromatic carbocycles. The Bertz CT molecular complexity index is 2510. The maximum Gasteiger partial charge on any atom is 0.264 e. The molecule has 1 unspecified atom stereocenters. The Labute approximate surface area is 389 Å². The number of piperazine rings is 1. The van der Waals surface area contributed by atoms with Crippen LogP contribution < -0.4 is 20.3 Å². The molecule has 352 valence electrons. The lowest BCUT2D eigenvalue weighted by molar-refractivity contribution is -0.136. The topological polar surface area (TPSA) is 171 Å². The molecule has 1 saturated carbocycles. The van der Waals surface area contributed by atoms with Crippen molar-refractivity contribution in [2.24, 2.45) is 11.8 Å². The number of hydrogen-bond donors (Lipinski definition) is 2. The van der Waals surface area contributed by atoms with E-state index in [1.807, 2.05) is 48.2 Å². The van der Waals surface area contributed by atoms with Crippen LogP contribution >= 0.6 is 0 Å². The quantitative estimate of drug-likeness (QED) is 0.114. The summed E-state index contributed by atoms with van der Waals surface area (Å²) in [5.41, 5.74) is 3.92. The van der Waals surface area contributed by atoms with E-state index >= 15 is 0 Å². The standard InChI is InChI=1S/C51H58FN7O8/c1-32(33-5-7-34(8-6-33)39-17-21-53-42-14-9-35(52)31-41(39)42)48(62)54-36-10-12-37(13-11-36)67-38-18-22-58(23-19-38)46(61)20-29-66-30-28-56-24-26-57(27-25-56)43-4-2-3-40-47(43)51(65)59(50(40)64)44-15-16-45(60)55-49(44)63/h2-4,9-14,17,21,31-34,38,44H,5-8,15-16,18-20,22-30H2,1H3,(H,54,62)(H,55,60,63)/t32-,33?,34?,44?/m1/s1. The lowest BCUT2D eigenvalue weighted by atomic mass is 9.73. The number of halogens is 1. The molecule has 15 nitrogen and oxygen atoms in total. The molecule has 67 heavy (non-hydrogen) atoms. The summed E-state index contributed by atoms with van der Waals surface area (Å²) in [7, 11) is 0. The van der Waals surface area contributed by atoms with Gasteiger partial charge < -0.3 is 24.6 Å². The van der Waals surface area contributed by atoms with E-state index in [2.05, 4.69) is 25.4 Å². The molecule has 6 amide bonds. The van der Waals surface area contributed by atoms with Crippen LogP contribution in [0.25, 0.3) is 10.9 Å². The number of hydrogen-bond acceptors (Lipinski definition) is 11. The number of likely N-dealkylation sites (tertiary alicyclic amines) is 1. The van der Waals surface area contributed by atoms with E-state index < -0.39 is 29.7 Å². The zero-order chi connectivity index (χ0) is 46.6. The molecule has 0 radical (unpaired) electrons. The summed E-state index contributed by atoms with van der Waals surface area (Å²) in [6.07, 6.45) is 7.47. The van der Waals surface area contributed by atoms with Crippen LogP contribution in [0, 0.1) is 17.7 Å². The number of pyridine rings is 1. The number of aromatic nitrogens is 1. The third-order valence-corrected chi connectivity index (χ3v) is 14.5. The fourth-order valence-corrected chi connectivity index (χ4v) is 10.5. The molecule has 4 aliphatic heterocycles. The average Bonchev–Trinajstić information content (AvgIpc) is 3.60. The van der Waals surface area contributed by atoms with Crippen LogP contribution in [-0.4, -0.2) is 126 Å². The van der Waals surface area contributed by atoms with Gasteiger partial charge >= 0.3 is 0 Å². The van der Waals surface area contributed by atoms with Crippen molar-refractivity contribution in [3.63, 3.8) is 0 Å². The predicted octanol–water partition coefficient (Wildman–Crippen LogP) is 5.92. The van der Waals surface area contributed by atoms with Gasteiger partial charge in [0.1, 0.15) is 23.7 Å². The molecule has 5 aliphatic rings. The van der Waals surface area contributed by atoms with E-state index in [0.29, 0.717) is 69.5 Å². The van der Waals surface area contributed by atoms with Crippen molar-refractivity contribution in [2.45, 2.75) is 82.8 Å². The van der Waals surface area contributed by atoms with E-state index in [1.165, 1.54) is 6.07 Å². The van der Waals surface area contributed by atoms with Gasteiger partial charge in [-0.1, -0.05) is 13.0 Å². The van der Waals surface area contributed by atoms with Crippen LogP contribution in [0.5, 0.6) is 5.75 Å². The summed E-state index contributed by atoms with van der Waals surface area (Å²) in [4.78, 5) is 89.0. The van der Waals surface area contributed by atoms with Gasteiger partial charge in [-0.15, -0.1) is 0 Å². The highest BCUT2D eigenvalue weighted by Crippen LogP contribution is 2.41. The van der Waals surface area contributed by atoms with Crippen LogP contribution in [0.3, 0.4) is 0 Å². The minimum absolute atomic E-state index is 0.00249. The van der Waals surface area contributed by atoms with Crippen LogP contribution in [-0.2, 0) is 23.9 Å². The third-order valence-electron chi connectivity index (χ3n) is 14.5. The Morgan fingerprint density at radius 3 is 2.36 bits per heavy atom. The van der Waals surface area contributed by atoms with Crippen LogP contribution in [0.2, 0.25) is 0 Å². The fourth-order valence-electron chi connectivity index (χ4n) is 10.5. The number of benzene rings is 3. The Morgan fingerprint density at radius 2 is 1.61 bits per heavy atom. The highest BCUT2D eigenvalue weighted by Gasteiger charge is 2.46. The molecule has 4 aromatic rings. The van der Waals surface area contributed by atoms with Gasteiger partial charge in [-0.2, -0.15) is 0 Å². The number of anilines is 2. The van der Waals surface area contributed by atoms with Gasteiger partial charge in [0.25, 0.3) is 11.8 Å². The monoisotopic (exact) mass is 915 g/mol. The Kier molecular flexibility index (Phi) is 13.9. The highest BCUT2D eigenvalue weighted by atomic mass is 19.1. The molecular weight excluding hydrogens is 858 g/mol. The summed E-state index contributed by atoms with van der Waals surface area (Å²) in [6, 6.07) is 18.4. The number of amides is 6. The summed E-state index contributed by atoms with van der Waals surface area (Å²) in [5.74, 6) is -1.07. The van der Waals surface area contributed by atoms with E-state index in [4.69, 9.17) is 9.47 Å². The van der Waals surface area contributed by atoms with Gasteiger partial charge in [0, 0.05) is 88.3 Å². The zero-order valence-electron chi connectivity index (χ0n) is 37.9. The number of piperidine rings is 2. The smallest absolute Gasteiger partial charge is 0.264 e. The molecule has 0 spiro atoms. The van der Waals surface area contributed by atoms with Crippen molar-refractivity contribution < 1.29 is 42.6 Å². The van der Waals surface area contributed by atoms with Crippen molar-refractivity contribution in [3.8, 4) is 5.75 Å². The summed E-state index contributed by atoms with van der Waals surface area (Å²) in [5, 5.41) is 6.21. The minimum atomic E-state index is -1.01. The molecule has 1 aromatic heterocycles. The number of ether oxygens (including phenoxy) is 2. The second-order valence-corrected chi connectivity index (χ2v) is 18.5. The summed E-state index contributed by atoms with van der Waals surface area (Å²) < 4.78 is 26.2. The third kappa shape index (κ3) is 10.2. The van der Waals surface area contributed by atoms with Crippen molar-refractivity contribution in [1.82, 2.24) is 25.0 Å². The first-order valence-electron chi connectivity index (χ1n) is 23.8. The van der Waals surface area contributed by atoms with Crippen molar-refractivity contribution in [1.29, 1.82) is 0 Å². The number of carbonyl (C=O) groups excluding carboxylic acids is 6. The van der Waals surface area contributed by atoms with Crippen molar-refractivity contribution in [3.05, 3.63) is 95.4 Å². The average molecular weight is 916 g/mol. The Morgan fingerprint density at radius 1 is 0.851 bits per heavy atom. The Hall–Kier alpha value is -6.26. The molecule has 0 bridgehead atoms. The maximum absolute atomic E-state index is 14.1. The number of nitrogens with zero attached hydrogens (tertiary/aromatic N) is 5. The molecule has 1 aliphatic carbocycles. The number of nitrogens with one attached hydrogen (secondary N) is 2. The van der Waals surface area contributed by atoms with E-state index in [1.54, 1.807) is 30.5 Å². The van der Waals surface area contributed by atoms with Gasteiger partial charge in [0.2, 0.25) is 23.6 Å². The highest BCUT2D eigenvalue weighted by molar-refractivity contribution is 6.25. The molecule has 3 saturated heterocycles.